The summed E-state index contributed by atoms with van der Waals surface area (Å²) < 4.78 is 7.22. The Morgan fingerprint density at radius 3 is 2.42 bits per heavy atom. The fraction of sp³-hybridized carbons (Fsp3) is 0.333. The number of halogens is 2. The molecule has 2 heterocycles. The van der Waals surface area contributed by atoms with E-state index >= 15 is 0 Å². The predicted molar refractivity (Wildman–Crippen MR) is 80.9 cm³/mol. The van der Waals surface area contributed by atoms with Gasteiger partial charge in [-0.25, -0.2) is 9.78 Å². The third-order valence-corrected chi connectivity index (χ3v) is 5.63. The molecule has 0 fully saturated rings. The summed E-state index contributed by atoms with van der Waals surface area (Å²) in [5.41, 5.74) is 0.0666. The highest BCUT2D eigenvalue weighted by Crippen LogP contribution is 2.39. The molecule has 19 heavy (non-hydrogen) atoms. The van der Waals surface area contributed by atoms with E-state index in [4.69, 9.17) is 4.42 Å². The van der Waals surface area contributed by atoms with Crippen LogP contribution in [0, 0.1) is 0 Å². The Morgan fingerprint density at radius 1 is 1.42 bits per heavy atom. The molecule has 0 saturated heterocycles. The van der Waals surface area contributed by atoms with Gasteiger partial charge in [-0.2, -0.15) is 0 Å². The highest BCUT2D eigenvalue weighted by atomic mass is 79.9. The Hall–Kier alpha value is -0.660. The van der Waals surface area contributed by atoms with Crippen LogP contribution in [0.15, 0.2) is 18.7 Å². The first-order valence-electron chi connectivity index (χ1n) is 5.40. The van der Waals surface area contributed by atoms with E-state index in [1.807, 2.05) is 26.8 Å². The zero-order chi connectivity index (χ0) is 14.4. The lowest BCUT2D eigenvalue weighted by molar-refractivity contribution is 0.0659. The van der Waals surface area contributed by atoms with Crippen molar-refractivity contribution in [3.63, 3.8) is 0 Å². The number of carboxylic acid groups (broad SMARTS) is 1. The molecule has 102 valence electrons. The van der Waals surface area contributed by atoms with E-state index in [0.717, 1.165) is 13.1 Å². The van der Waals surface area contributed by atoms with Crippen molar-refractivity contribution in [2.24, 2.45) is 0 Å². The Labute approximate surface area is 131 Å². The summed E-state index contributed by atoms with van der Waals surface area (Å²) in [7, 11) is 0. The van der Waals surface area contributed by atoms with Crippen LogP contribution in [0.25, 0.3) is 10.8 Å². The van der Waals surface area contributed by atoms with Gasteiger partial charge in [0.05, 0.1) is 8.66 Å². The standard InChI is InChI=1S/C12H11Br2NO3S/c1-12(2,3)8-7(11(16)17)18-10(15-8)6-4-5(13)9(14)19-6/h4H,1-3H3,(H,16,17). The molecule has 0 spiro atoms. The number of carboxylic acids is 1. The van der Waals surface area contributed by atoms with Gasteiger partial charge < -0.3 is 9.52 Å². The summed E-state index contributed by atoms with van der Waals surface area (Å²) in [6, 6.07) is 1.85. The second-order valence-electron chi connectivity index (χ2n) is 4.98. The van der Waals surface area contributed by atoms with Gasteiger partial charge in [-0.05, 0) is 37.9 Å². The minimum atomic E-state index is -1.10. The van der Waals surface area contributed by atoms with Crippen LogP contribution >= 0.6 is 43.2 Å². The van der Waals surface area contributed by atoms with Crippen LogP contribution in [0.3, 0.4) is 0 Å². The number of hydrogen-bond acceptors (Lipinski definition) is 4. The van der Waals surface area contributed by atoms with Crippen LogP contribution in [-0.4, -0.2) is 16.1 Å². The molecule has 2 aromatic heterocycles. The fourth-order valence-electron chi connectivity index (χ4n) is 1.53. The maximum absolute atomic E-state index is 11.2. The van der Waals surface area contributed by atoms with E-state index in [9.17, 15) is 9.90 Å². The molecule has 7 heteroatoms. The Bertz CT molecular complexity index is 620. The summed E-state index contributed by atoms with van der Waals surface area (Å²) in [6.07, 6.45) is 0. The highest BCUT2D eigenvalue weighted by Gasteiger charge is 2.29. The molecule has 0 unspecified atom stereocenters. The molecule has 0 amide bonds. The summed E-state index contributed by atoms with van der Waals surface area (Å²) in [6.45, 7) is 5.71. The molecule has 0 aliphatic carbocycles. The summed E-state index contributed by atoms with van der Waals surface area (Å²) in [4.78, 5) is 16.4. The fourth-order valence-corrected chi connectivity index (χ4v) is 3.49. The van der Waals surface area contributed by atoms with Gasteiger partial charge in [0.1, 0.15) is 5.69 Å². The van der Waals surface area contributed by atoms with E-state index in [0.29, 0.717) is 11.6 Å². The van der Waals surface area contributed by atoms with Crippen molar-refractivity contribution in [1.82, 2.24) is 4.98 Å². The normalized spacial score (nSPS) is 11.8. The quantitative estimate of drug-likeness (QED) is 0.765. The molecule has 2 aromatic rings. The topological polar surface area (TPSA) is 63.3 Å². The Kier molecular flexibility index (Phi) is 3.90. The number of hydrogen-bond donors (Lipinski definition) is 1. The second kappa shape index (κ2) is 5.03. The van der Waals surface area contributed by atoms with E-state index < -0.39 is 5.97 Å². The first kappa shape index (κ1) is 14.7. The number of aromatic carboxylic acids is 1. The SMILES string of the molecule is CC(C)(C)c1nc(-c2cc(Br)c(Br)s2)oc1C(=O)O. The maximum atomic E-state index is 11.2. The summed E-state index contributed by atoms with van der Waals surface area (Å²) >= 11 is 8.21. The van der Waals surface area contributed by atoms with Crippen LogP contribution in [0.5, 0.6) is 0 Å². The molecule has 0 radical (unpaired) electrons. The van der Waals surface area contributed by atoms with Crippen molar-refractivity contribution in [2.45, 2.75) is 26.2 Å². The molecule has 0 atom stereocenters. The minimum absolute atomic E-state index is 0.0943. The summed E-state index contributed by atoms with van der Waals surface area (Å²) in [5.74, 6) is -0.861. The van der Waals surface area contributed by atoms with Crippen LogP contribution in [0.2, 0.25) is 0 Å². The third kappa shape index (κ3) is 2.93. The second-order valence-corrected chi connectivity index (χ2v) is 8.21. The van der Waals surface area contributed by atoms with E-state index in [-0.39, 0.29) is 11.2 Å². The average molecular weight is 409 g/mol. The Balaban J connectivity index is 2.58. The number of thiophene rings is 1. The first-order valence-corrected chi connectivity index (χ1v) is 7.80. The third-order valence-electron chi connectivity index (χ3n) is 2.39. The molecule has 0 bridgehead atoms. The van der Waals surface area contributed by atoms with Crippen molar-refractivity contribution < 1.29 is 14.3 Å². The molecule has 0 aromatic carbocycles. The van der Waals surface area contributed by atoms with E-state index in [1.165, 1.54) is 11.3 Å². The van der Waals surface area contributed by atoms with Gasteiger partial charge in [0, 0.05) is 9.89 Å². The molecular weight excluding hydrogens is 398 g/mol. The minimum Gasteiger partial charge on any atom is -0.475 e. The largest absolute Gasteiger partial charge is 0.475 e. The zero-order valence-corrected chi connectivity index (χ0v) is 14.4. The zero-order valence-electron chi connectivity index (χ0n) is 10.5. The number of nitrogens with zero attached hydrogens (tertiary/aromatic N) is 1. The van der Waals surface area contributed by atoms with Gasteiger partial charge in [-0.1, -0.05) is 20.8 Å². The molecule has 4 nitrogen and oxygen atoms in total. The monoisotopic (exact) mass is 407 g/mol. The maximum Gasteiger partial charge on any atom is 0.373 e. The molecule has 1 N–H and O–H groups in total. The van der Waals surface area contributed by atoms with Crippen molar-refractivity contribution in [2.75, 3.05) is 0 Å². The van der Waals surface area contributed by atoms with Crippen LogP contribution in [0.1, 0.15) is 37.0 Å². The van der Waals surface area contributed by atoms with Crippen molar-refractivity contribution in [1.29, 1.82) is 0 Å². The van der Waals surface area contributed by atoms with E-state index in [1.54, 1.807) is 0 Å². The number of oxazole rings is 1. The Morgan fingerprint density at radius 2 is 2.05 bits per heavy atom. The van der Waals surface area contributed by atoms with Gasteiger partial charge in [-0.15, -0.1) is 11.3 Å². The molecule has 2 rings (SSSR count). The van der Waals surface area contributed by atoms with Gasteiger partial charge in [0.15, 0.2) is 0 Å². The first-order chi connectivity index (χ1) is 8.70. The number of aromatic nitrogens is 1. The molecular formula is C12H11Br2NO3S. The number of rotatable bonds is 2. The van der Waals surface area contributed by atoms with Crippen molar-refractivity contribution in [3.05, 3.63) is 25.8 Å². The lowest BCUT2D eigenvalue weighted by atomic mass is 9.91. The van der Waals surface area contributed by atoms with Crippen molar-refractivity contribution in [3.8, 4) is 10.8 Å². The van der Waals surface area contributed by atoms with Gasteiger partial charge in [0.2, 0.25) is 11.7 Å². The van der Waals surface area contributed by atoms with Crippen molar-refractivity contribution >= 4 is 49.2 Å². The van der Waals surface area contributed by atoms with Gasteiger partial charge >= 0.3 is 5.97 Å². The van der Waals surface area contributed by atoms with Gasteiger partial charge in [0.25, 0.3) is 0 Å². The van der Waals surface area contributed by atoms with Crippen LogP contribution in [0.4, 0.5) is 0 Å². The summed E-state index contributed by atoms with van der Waals surface area (Å²) in [5, 5.41) is 9.20. The lowest BCUT2D eigenvalue weighted by Gasteiger charge is -2.14. The van der Waals surface area contributed by atoms with Crippen LogP contribution in [-0.2, 0) is 5.41 Å². The predicted octanol–water partition coefficient (Wildman–Crippen LogP) is 4.92. The van der Waals surface area contributed by atoms with E-state index in [2.05, 4.69) is 36.8 Å². The lowest BCUT2D eigenvalue weighted by Crippen LogP contribution is -2.16. The average Bonchev–Trinajstić information content (AvgIpc) is 2.82. The highest BCUT2D eigenvalue weighted by molar-refractivity contribution is 9.13. The van der Waals surface area contributed by atoms with Crippen LogP contribution < -0.4 is 0 Å². The molecule has 0 aliphatic heterocycles. The smallest absolute Gasteiger partial charge is 0.373 e. The molecule has 0 aliphatic rings. The number of carbonyl (C=O) groups is 1. The molecule has 0 saturated carbocycles. The van der Waals surface area contributed by atoms with Gasteiger partial charge in [-0.3, -0.25) is 0 Å².